The van der Waals surface area contributed by atoms with Crippen molar-refractivity contribution < 1.29 is 13.5 Å². The Morgan fingerprint density at radius 1 is 1.22 bits per heavy atom. The van der Waals surface area contributed by atoms with Gasteiger partial charge in [-0.3, -0.25) is 4.90 Å². The largest absolute Gasteiger partial charge is 0.494 e. The van der Waals surface area contributed by atoms with E-state index in [1.54, 1.807) is 6.07 Å². The molecule has 0 saturated carbocycles. The number of hydrogen-bond acceptors (Lipinski definition) is 4. The van der Waals surface area contributed by atoms with Crippen LogP contribution in [0, 0.1) is 11.6 Å². The summed E-state index contributed by atoms with van der Waals surface area (Å²) in [7, 11) is 1.38. The van der Waals surface area contributed by atoms with E-state index in [9.17, 15) is 8.78 Å². The molecular weight excluding hydrogens is 342 g/mol. The summed E-state index contributed by atoms with van der Waals surface area (Å²) in [5, 5.41) is 3.25. The van der Waals surface area contributed by atoms with Crippen LogP contribution < -0.4 is 10.1 Å². The van der Waals surface area contributed by atoms with Gasteiger partial charge in [0.05, 0.1) is 17.5 Å². The lowest BCUT2D eigenvalue weighted by atomic mass is 10.0. The highest BCUT2D eigenvalue weighted by Gasteiger charge is 2.31. The highest BCUT2D eigenvalue weighted by Crippen LogP contribution is 2.39. The van der Waals surface area contributed by atoms with E-state index in [1.165, 1.54) is 30.6 Å². The highest BCUT2D eigenvalue weighted by atomic mass is 35.5. The Morgan fingerprint density at radius 2 is 1.96 bits per heavy atom. The van der Waals surface area contributed by atoms with Gasteiger partial charge in [0.2, 0.25) is 0 Å². The van der Waals surface area contributed by atoms with E-state index in [-0.39, 0.29) is 11.3 Å². The number of nitrogens with one attached hydrogen (secondary N) is 1. The summed E-state index contributed by atoms with van der Waals surface area (Å²) in [4.78, 5) is 2.89. The zero-order valence-corrected chi connectivity index (χ0v) is 14.2. The highest BCUT2D eigenvalue weighted by molar-refractivity contribution is 7.16. The second kappa shape index (κ2) is 7.13. The third-order valence-corrected chi connectivity index (χ3v) is 5.25. The maximum absolute atomic E-state index is 14.8. The third kappa shape index (κ3) is 3.35. The SMILES string of the molecule is COc1ccc(F)c([C@@H](c2ccc(Cl)s2)N2CCNCC2)c1F. The molecule has 0 spiro atoms. The van der Waals surface area contributed by atoms with Crippen molar-refractivity contribution in [1.82, 2.24) is 10.2 Å². The molecule has 0 unspecified atom stereocenters. The first-order chi connectivity index (χ1) is 11.1. The normalized spacial score (nSPS) is 17.2. The first kappa shape index (κ1) is 16.6. The molecule has 1 N–H and O–H groups in total. The Labute approximate surface area is 142 Å². The van der Waals surface area contributed by atoms with Gasteiger partial charge in [-0.2, -0.15) is 0 Å². The summed E-state index contributed by atoms with van der Waals surface area (Å²) in [6.45, 7) is 2.97. The van der Waals surface area contributed by atoms with Gasteiger partial charge in [-0.1, -0.05) is 11.6 Å². The minimum atomic E-state index is -0.652. The van der Waals surface area contributed by atoms with Crippen LogP contribution in [-0.2, 0) is 0 Å². The molecule has 1 aromatic carbocycles. The molecule has 2 aromatic rings. The van der Waals surface area contributed by atoms with Crippen LogP contribution in [0.2, 0.25) is 4.34 Å². The zero-order valence-electron chi connectivity index (χ0n) is 12.6. The van der Waals surface area contributed by atoms with Crippen LogP contribution in [0.3, 0.4) is 0 Å². The van der Waals surface area contributed by atoms with Crippen molar-refractivity contribution >= 4 is 22.9 Å². The Kier molecular flexibility index (Phi) is 5.16. The molecule has 23 heavy (non-hydrogen) atoms. The lowest BCUT2D eigenvalue weighted by molar-refractivity contribution is 0.193. The molecule has 0 aliphatic carbocycles. The van der Waals surface area contributed by atoms with Crippen molar-refractivity contribution in [3.05, 3.63) is 50.7 Å². The van der Waals surface area contributed by atoms with E-state index in [0.29, 0.717) is 17.4 Å². The number of piperazine rings is 1. The predicted octanol–water partition coefficient (Wildman–Crippen LogP) is 3.68. The number of nitrogens with zero attached hydrogens (tertiary/aromatic N) is 1. The summed E-state index contributed by atoms with van der Waals surface area (Å²) < 4.78 is 34.9. The Balaban J connectivity index is 2.11. The molecule has 7 heteroatoms. The van der Waals surface area contributed by atoms with Crippen LogP contribution >= 0.6 is 22.9 Å². The Morgan fingerprint density at radius 3 is 2.57 bits per heavy atom. The molecule has 1 fully saturated rings. The van der Waals surface area contributed by atoms with Gasteiger partial charge in [0.25, 0.3) is 0 Å². The van der Waals surface area contributed by atoms with Crippen molar-refractivity contribution in [3.63, 3.8) is 0 Å². The van der Waals surface area contributed by atoms with E-state index in [1.807, 2.05) is 6.07 Å². The molecule has 0 bridgehead atoms. The van der Waals surface area contributed by atoms with Crippen LogP contribution in [0.1, 0.15) is 16.5 Å². The van der Waals surface area contributed by atoms with Crippen LogP contribution in [0.5, 0.6) is 5.75 Å². The number of hydrogen-bond donors (Lipinski definition) is 1. The van der Waals surface area contributed by atoms with Crippen LogP contribution in [0.25, 0.3) is 0 Å². The van der Waals surface area contributed by atoms with Crippen LogP contribution in [0.4, 0.5) is 8.78 Å². The van der Waals surface area contributed by atoms with Gasteiger partial charge in [0.1, 0.15) is 5.82 Å². The van der Waals surface area contributed by atoms with Crippen molar-refractivity contribution in [1.29, 1.82) is 0 Å². The maximum atomic E-state index is 14.8. The molecule has 3 nitrogen and oxygen atoms in total. The summed E-state index contributed by atoms with van der Waals surface area (Å²) in [6, 6.07) is 5.64. The van der Waals surface area contributed by atoms with Gasteiger partial charge in [-0.15, -0.1) is 11.3 Å². The van der Waals surface area contributed by atoms with E-state index < -0.39 is 17.7 Å². The standard InChI is InChI=1S/C16H17ClF2N2OS/c1-22-11-3-2-10(18)14(15(11)19)16(12-4-5-13(17)23-12)21-8-6-20-7-9-21/h2-5,16,20H,6-9H2,1H3/t16-/m1/s1. The summed E-state index contributed by atoms with van der Waals surface area (Å²) in [6.07, 6.45) is 0. The second-order valence-electron chi connectivity index (χ2n) is 5.31. The molecule has 124 valence electrons. The molecule has 1 aliphatic rings. The van der Waals surface area contributed by atoms with E-state index in [2.05, 4.69) is 10.2 Å². The quantitative estimate of drug-likeness (QED) is 0.902. The van der Waals surface area contributed by atoms with Crippen molar-refractivity contribution in [3.8, 4) is 5.75 Å². The summed E-state index contributed by atoms with van der Waals surface area (Å²) >= 11 is 7.39. The fourth-order valence-electron chi connectivity index (χ4n) is 2.88. The summed E-state index contributed by atoms with van der Waals surface area (Å²) in [5.74, 6) is -1.18. The average molecular weight is 359 g/mol. The van der Waals surface area contributed by atoms with Crippen LogP contribution in [0.15, 0.2) is 24.3 Å². The third-order valence-electron chi connectivity index (χ3n) is 3.96. The molecule has 1 aromatic heterocycles. The first-order valence-corrected chi connectivity index (χ1v) is 8.53. The molecule has 0 amide bonds. The first-order valence-electron chi connectivity index (χ1n) is 7.33. The smallest absolute Gasteiger partial charge is 0.173 e. The van der Waals surface area contributed by atoms with Crippen molar-refractivity contribution in [2.75, 3.05) is 33.3 Å². The molecule has 2 heterocycles. The molecule has 1 atom stereocenters. The monoisotopic (exact) mass is 358 g/mol. The molecular formula is C16H17ClF2N2OS. The van der Waals surface area contributed by atoms with E-state index in [4.69, 9.17) is 16.3 Å². The molecule has 0 radical (unpaired) electrons. The number of methoxy groups -OCH3 is 1. The van der Waals surface area contributed by atoms with E-state index in [0.717, 1.165) is 18.0 Å². The lowest BCUT2D eigenvalue weighted by Gasteiger charge is -2.35. The lowest BCUT2D eigenvalue weighted by Crippen LogP contribution is -2.45. The molecule has 1 aliphatic heterocycles. The number of thiophene rings is 1. The minimum Gasteiger partial charge on any atom is -0.494 e. The topological polar surface area (TPSA) is 24.5 Å². The number of rotatable bonds is 4. The maximum Gasteiger partial charge on any atom is 0.173 e. The van der Waals surface area contributed by atoms with Crippen molar-refractivity contribution in [2.24, 2.45) is 0 Å². The number of halogens is 3. The fraction of sp³-hybridized carbons (Fsp3) is 0.375. The summed E-state index contributed by atoms with van der Waals surface area (Å²) in [5.41, 5.74) is 0.0183. The van der Waals surface area contributed by atoms with E-state index >= 15 is 0 Å². The predicted molar refractivity (Wildman–Crippen MR) is 88.5 cm³/mol. The Bertz CT molecular complexity index is 689. The van der Waals surface area contributed by atoms with Crippen molar-refractivity contribution in [2.45, 2.75) is 6.04 Å². The minimum absolute atomic E-state index is 0.0183. The van der Waals surface area contributed by atoms with Gasteiger partial charge in [0, 0.05) is 36.6 Å². The van der Waals surface area contributed by atoms with Gasteiger partial charge in [-0.05, 0) is 24.3 Å². The van der Waals surface area contributed by atoms with Crippen LogP contribution in [-0.4, -0.2) is 38.2 Å². The molecule has 3 rings (SSSR count). The fourth-order valence-corrected chi connectivity index (χ4v) is 4.08. The zero-order chi connectivity index (χ0) is 16.4. The molecule has 1 saturated heterocycles. The number of benzene rings is 1. The Hall–Kier alpha value is -1.21. The van der Waals surface area contributed by atoms with Gasteiger partial charge in [-0.25, -0.2) is 8.78 Å². The number of ether oxygens (including phenoxy) is 1. The van der Waals surface area contributed by atoms with Gasteiger partial charge < -0.3 is 10.1 Å². The second-order valence-corrected chi connectivity index (χ2v) is 7.05. The van der Waals surface area contributed by atoms with Gasteiger partial charge in [0.15, 0.2) is 11.6 Å². The average Bonchev–Trinajstić information content (AvgIpc) is 2.98. The van der Waals surface area contributed by atoms with Gasteiger partial charge >= 0.3 is 0 Å².